The van der Waals surface area contributed by atoms with Crippen molar-refractivity contribution >= 4 is 23.4 Å². The molecule has 0 aliphatic rings. The van der Waals surface area contributed by atoms with Crippen LogP contribution in [0.3, 0.4) is 0 Å². The molecule has 0 aliphatic carbocycles. The summed E-state index contributed by atoms with van der Waals surface area (Å²) in [7, 11) is 1.89. The van der Waals surface area contributed by atoms with Gasteiger partial charge >= 0.3 is 0 Å². The van der Waals surface area contributed by atoms with Gasteiger partial charge in [0.25, 0.3) is 11.8 Å². The van der Waals surface area contributed by atoms with Gasteiger partial charge in [0, 0.05) is 37.0 Å². The van der Waals surface area contributed by atoms with Crippen molar-refractivity contribution < 1.29 is 23.8 Å². The highest BCUT2D eigenvalue weighted by molar-refractivity contribution is 6.32. The van der Waals surface area contributed by atoms with E-state index in [0.29, 0.717) is 41.6 Å². The zero-order chi connectivity index (χ0) is 29.4. The molecule has 0 aliphatic heterocycles. The summed E-state index contributed by atoms with van der Waals surface area (Å²) in [6.07, 6.45) is 5.18. The van der Waals surface area contributed by atoms with E-state index >= 15 is 0 Å². The monoisotopic (exact) mass is 578 g/mol. The lowest BCUT2D eigenvalue weighted by Gasteiger charge is -2.18. The molecule has 2 aromatic carbocycles. The Morgan fingerprint density at radius 2 is 1.90 bits per heavy atom. The maximum atomic E-state index is 12.9. The normalized spacial score (nSPS) is 12.5. The lowest BCUT2D eigenvalue weighted by atomic mass is 10.0. The number of rotatable bonds is 13. The number of ether oxygens (including phenoxy) is 1. The summed E-state index contributed by atoms with van der Waals surface area (Å²) < 4.78 is 12.6. The van der Waals surface area contributed by atoms with Gasteiger partial charge in [0.2, 0.25) is 0 Å². The fraction of sp³-hybridized carbons (Fsp3) is 0.323. The third kappa shape index (κ3) is 7.77. The van der Waals surface area contributed by atoms with Gasteiger partial charge in [0.05, 0.1) is 29.6 Å². The molecular weight excluding hydrogens is 544 g/mol. The fourth-order valence-corrected chi connectivity index (χ4v) is 4.71. The van der Waals surface area contributed by atoms with Gasteiger partial charge in [-0.25, -0.2) is 4.98 Å². The van der Waals surface area contributed by atoms with Crippen molar-refractivity contribution in [3.63, 3.8) is 0 Å². The SMILES string of the molecule is CCCOc1ccc(C(=O)N[C@H](CCO)Cc2ccc(-c3cn(C)c([C@@H](C)NC(=O)c4ccco4)n3)cc2)cc1Cl. The van der Waals surface area contributed by atoms with Gasteiger partial charge < -0.3 is 29.5 Å². The summed E-state index contributed by atoms with van der Waals surface area (Å²) in [5, 5.41) is 15.9. The smallest absolute Gasteiger partial charge is 0.287 e. The van der Waals surface area contributed by atoms with Gasteiger partial charge in [-0.2, -0.15) is 0 Å². The molecule has 4 aromatic rings. The number of aryl methyl sites for hydroxylation is 1. The van der Waals surface area contributed by atoms with Crippen LogP contribution in [0.15, 0.2) is 71.5 Å². The number of imidazole rings is 1. The number of carbonyl (C=O) groups is 2. The summed E-state index contributed by atoms with van der Waals surface area (Å²) in [5.74, 6) is 0.932. The lowest BCUT2D eigenvalue weighted by Crippen LogP contribution is -2.37. The van der Waals surface area contributed by atoms with Gasteiger partial charge in [-0.3, -0.25) is 9.59 Å². The van der Waals surface area contributed by atoms with E-state index in [1.807, 2.05) is 55.9 Å². The Kier molecular flexibility index (Phi) is 10.2. The summed E-state index contributed by atoms with van der Waals surface area (Å²) in [5.41, 5.74) is 3.13. The number of halogens is 1. The minimum Gasteiger partial charge on any atom is -0.492 e. The molecule has 4 rings (SSSR count). The summed E-state index contributed by atoms with van der Waals surface area (Å²) in [4.78, 5) is 30.0. The Labute approximate surface area is 244 Å². The first kappa shape index (κ1) is 29.9. The molecule has 3 N–H and O–H groups in total. The van der Waals surface area contributed by atoms with Crippen LogP contribution in [0.4, 0.5) is 0 Å². The molecule has 9 nitrogen and oxygen atoms in total. The number of furan rings is 1. The van der Waals surface area contributed by atoms with Crippen LogP contribution in [-0.2, 0) is 13.5 Å². The van der Waals surface area contributed by atoms with Crippen LogP contribution in [0.25, 0.3) is 11.3 Å². The molecule has 2 atom stereocenters. The van der Waals surface area contributed by atoms with E-state index in [2.05, 4.69) is 10.6 Å². The van der Waals surface area contributed by atoms with Crippen LogP contribution in [-0.4, -0.2) is 45.7 Å². The average Bonchev–Trinajstić information content (AvgIpc) is 3.63. The first-order chi connectivity index (χ1) is 19.8. The van der Waals surface area contributed by atoms with Crippen molar-refractivity contribution in [3.05, 3.63) is 94.8 Å². The topological polar surface area (TPSA) is 119 Å². The average molecular weight is 579 g/mol. The van der Waals surface area contributed by atoms with Crippen molar-refractivity contribution in [1.29, 1.82) is 0 Å². The lowest BCUT2D eigenvalue weighted by molar-refractivity contribution is 0.0907. The minimum atomic E-state index is -0.330. The van der Waals surface area contributed by atoms with Crippen molar-refractivity contribution in [3.8, 4) is 17.0 Å². The Morgan fingerprint density at radius 1 is 1.12 bits per heavy atom. The Balaban J connectivity index is 1.39. The van der Waals surface area contributed by atoms with E-state index < -0.39 is 0 Å². The molecule has 216 valence electrons. The molecule has 0 saturated carbocycles. The molecule has 0 saturated heterocycles. The van der Waals surface area contributed by atoms with Crippen LogP contribution in [0, 0.1) is 0 Å². The van der Waals surface area contributed by atoms with Gasteiger partial charge in [0.15, 0.2) is 5.76 Å². The van der Waals surface area contributed by atoms with Crippen LogP contribution in [0.5, 0.6) is 5.75 Å². The van der Waals surface area contributed by atoms with E-state index in [4.69, 9.17) is 25.7 Å². The van der Waals surface area contributed by atoms with Gasteiger partial charge in [-0.15, -0.1) is 0 Å². The number of nitrogens with zero attached hydrogens (tertiary/aromatic N) is 2. The van der Waals surface area contributed by atoms with E-state index in [0.717, 1.165) is 23.2 Å². The highest BCUT2D eigenvalue weighted by Crippen LogP contribution is 2.26. The number of aromatic nitrogens is 2. The zero-order valence-electron chi connectivity index (χ0n) is 23.4. The van der Waals surface area contributed by atoms with Crippen LogP contribution in [0.1, 0.15) is 65.0 Å². The van der Waals surface area contributed by atoms with Crippen LogP contribution >= 0.6 is 11.6 Å². The number of aliphatic hydroxyl groups excluding tert-OH is 1. The second kappa shape index (κ2) is 14.0. The number of benzene rings is 2. The maximum Gasteiger partial charge on any atom is 0.287 e. The molecule has 2 heterocycles. The number of carbonyl (C=O) groups excluding carboxylic acids is 2. The van der Waals surface area contributed by atoms with Crippen molar-refractivity contribution in [1.82, 2.24) is 20.2 Å². The number of aliphatic hydroxyl groups is 1. The molecule has 0 radical (unpaired) electrons. The van der Waals surface area contributed by atoms with E-state index in [9.17, 15) is 14.7 Å². The summed E-state index contributed by atoms with van der Waals surface area (Å²) >= 11 is 6.30. The van der Waals surface area contributed by atoms with E-state index in [1.54, 1.807) is 30.3 Å². The number of nitrogens with one attached hydrogen (secondary N) is 2. The second-order valence-corrected chi connectivity index (χ2v) is 10.3. The predicted octanol–water partition coefficient (Wildman–Crippen LogP) is 5.34. The maximum absolute atomic E-state index is 12.9. The Morgan fingerprint density at radius 3 is 2.56 bits per heavy atom. The van der Waals surface area contributed by atoms with Gasteiger partial charge in [-0.05, 0) is 62.1 Å². The highest BCUT2D eigenvalue weighted by atomic mass is 35.5. The molecule has 10 heteroatoms. The predicted molar refractivity (Wildman–Crippen MR) is 157 cm³/mol. The zero-order valence-corrected chi connectivity index (χ0v) is 24.1. The van der Waals surface area contributed by atoms with Crippen LogP contribution < -0.4 is 15.4 Å². The Bertz CT molecular complexity index is 1450. The van der Waals surface area contributed by atoms with Gasteiger partial charge in [0.1, 0.15) is 11.6 Å². The summed E-state index contributed by atoms with van der Waals surface area (Å²) in [6.45, 7) is 4.37. The summed E-state index contributed by atoms with van der Waals surface area (Å²) in [6, 6.07) is 15.6. The molecule has 0 fully saturated rings. The largest absolute Gasteiger partial charge is 0.492 e. The standard InChI is InChI=1S/C31H35ClN4O5/c1-4-15-40-27-12-11-23(18-25(27)32)30(38)34-24(13-14-37)17-21-7-9-22(10-8-21)26-19-36(3)29(35-26)20(2)33-31(39)28-6-5-16-41-28/h5-12,16,18-20,24,37H,4,13-15,17H2,1-3H3,(H,33,39)(H,34,38)/t20-,24-/m1/s1. The van der Waals surface area contributed by atoms with E-state index in [-0.39, 0.29) is 36.3 Å². The number of hydrogen-bond donors (Lipinski definition) is 3. The van der Waals surface area contributed by atoms with Crippen LogP contribution in [0.2, 0.25) is 5.02 Å². The molecule has 0 bridgehead atoms. The molecule has 0 spiro atoms. The van der Waals surface area contributed by atoms with E-state index in [1.165, 1.54) is 6.26 Å². The van der Waals surface area contributed by atoms with Crippen molar-refractivity contribution in [2.24, 2.45) is 7.05 Å². The molecule has 2 aromatic heterocycles. The van der Waals surface area contributed by atoms with Crippen molar-refractivity contribution in [2.45, 2.75) is 45.2 Å². The fourth-order valence-electron chi connectivity index (χ4n) is 4.48. The number of hydrogen-bond acceptors (Lipinski definition) is 6. The third-order valence-electron chi connectivity index (χ3n) is 6.59. The molecule has 2 amide bonds. The molecule has 0 unspecified atom stereocenters. The second-order valence-electron chi connectivity index (χ2n) is 9.85. The van der Waals surface area contributed by atoms with Crippen molar-refractivity contribution in [2.75, 3.05) is 13.2 Å². The quantitative estimate of drug-likeness (QED) is 0.197. The molecule has 41 heavy (non-hydrogen) atoms. The first-order valence-electron chi connectivity index (χ1n) is 13.6. The number of amides is 2. The van der Waals surface area contributed by atoms with Gasteiger partial charge in [-0.1, -0.05) is 42.8 Å². The third-order valence-corrected chi connectivity index (χ3v) is 6.89. The highest BCUT2D eigenvalue weighted by Gasteiger charge is 2.19. The first-order valence-corrected chi connectivity index (χ1v) is 14.0. The molecular formula is C31H35ClN4O5. The Hall–Kier alpha value is -4.08. The minimum absolute atomic E-state index is 0.0566.